The van der Waals surface area contributed by atoms with E-state index in [4.69, 9.17) is 4.74 Å². The zero-order valence-electron chi connectivity index (χ0n) is 13.8. The molecule has 128 valence electrons. The minimum atomic E-state index is -3.42. The Morgan fingerprint density at radius 1 is 1.39 bits per heavy atom. The van der Waals surface area contributed by atoms with Gasteiger partial charge in [-0.1, -0.05) is 6.92 Å². The van der Waals surface area contributed by atoms with Crippen molar-refractivity contribution >= 4 is 10.0 Å². The molecule has 1 saturated heterocycles. The highest BCUT2D eigenvalue weighted by Gasteiger charge is 2.19. The van der Waals surface area contributed by atoms with Gasteiger partial charge < -0.3 is 9.64 Å². The molecule has 0 spiro atoms. The van der Waals surface area contributed by atoms with Gasteiger partial charge in [0.15, 0.2) is 0 Å². The van der Waals surface area contributed by atoms with Crippen LogP contribution in [-0.2, 0) is 16.4 Å². The number of likely N-dealkylation sites (tertiary alicyclic amines) is 1. The predicted molar refractivity (Wildman–Crippen MR) is 90.3 cm³/mol. The highest BCUT2D eigenvalue weighted by atomic mass is 32.2. The second-order valence-corrected chi connectivity index (χ2v) is 8.43. The Balaban J connectivity index is 1.49. The lowest BCUT2D eigenvalue weighted by molar-refractivity contribution is 0.182. The maximum absolute atomic E-state index is 12.4. The average Bonchev–Trinajstić information content (AvgIpc) is 2.99. The van der Waals surface area contributed by atoms with Gasteiger partial charge in [0, 0.05) is 19.5 Å². The molecule has 0 aliphatic carbocycles. The van der Waals surface area contributed by atoms with E-state index in [1.807, 2.05) is 0 Å². The van der Waals surface area contributed by atoms with Gasteiger partial charge >= 0.3 is 0 Å². The number of fused-ring (bicyclic) bond motifs is 1. The molecule has 0 saturated carbocycles. The largest absolute Gasteiger partial charge is 0.493 e. The number of hydrogen-bond donors (Lipinski definition) is 1. The summed E-state index contributed by atoms with van der Waals surface area (Å²) in [6, 6.07) is 5.11. The molecule has 2 aliphatic rings. The average molecular weight is 338 g/mol. The van der Waals surface area contributed by atoms with Crippen molar-refractivity contribution in [3.63, 3.8) is 0 Å². The summed E-state index contributed by atoms with van der Waals surface area (Å²) in [5.74, 6) is 1.57. The fraction of sp³-hybridized carbons (Fsp3) is 0.647. The van der Waals surface area contributed by atoms with E-state index >= 15 is 0 Å². The highest BCUT2D eigenvalue weighted by molar-refractivity contribution is 7.89. The predicted octanol–water partition coefficient (Wildman–Crippen LogP) is 2.02. The van der Waals surface area contributed by atoms with Gasteiger partial charge in [-0.05, 0) is 62.0 Å². The molecule has 1 fully saturated rings. The fourth-order valence-corrected chi connectivity index (χ4v) is 4.54. The molecule has 1 N–H and O–H groups in total. The summed E-state index contributed by atoms with van der Waals surface area (Å²) in [6.07, 6.45) is 4.20. The van der Waals surface area contributed by atoms with Gasteiger partial charge in [-0.3, -0.25) is 0 Å². The van der Waals surface area contributed by atoms with Crippen LogP contribution in [-0.4, -0.2) is 46.1 Å². The summed E-state index contributed by atoms with van der Waals surface area (Å²) < 4.78 is 32.9. The number of sulfonamides is 1. The zero-order valence-corrected chi connectivity index (χ0v) is 14.6. The van der Waals surface area contributed by atoms with Gasteiger partial charge in [0.1, 0.15) is 5.75 Å². The standard InChI is InChI=1S/C17H26N2O3S/c1-14-4-2-9-19(13-14)10-3-8-18-23(20,21)16-5-6-17-15(12-16)7-11-22-17/h5-6,12,14,18H,2-4,7-11,13H2,1H3/t14-/m0/s1. The van der Waals surface area contributed by atoms with Crippen LogP contribution in [0, 0.1) is 5.92 Å². The van der Waals surface area contributed by atoms with E-state index in [1.54, 1.807) is 18.2 Å². The van der Waals surface area contributed by atoms with Gasteiger partial charge in [-0.2, -0.15) is 0 Å². The van der Waals surface area contributed by atoms with Gasteiger partial charge in [0.05, 0.1) is 11.5 Å². The Hall–Kier alpha value is -1.11. The molecular weight excluding hydrogens is 312 g/mol. The van der Waals surface area contributed by atoms with E-state index in [1.165, 1.54) is 12.8 Å². The van der Waals surface area contributed by atoms with E-state index < -0.39 is 10.0 Å². The Morgan fingerprint density at radius 3 is 3.09 bits per heavy atom. The minimum Gasteiger partial charge on any atom is -0.493 e. The SMILES string of the molecule is C[C@H]1CCCN(CCCNS(=O)(=O)c2ccc3c(c2)CCO3)C1. The van der Waals surface area contributed by atoms with Crippen molar-refractivity contribution in [1.82, 2.24) is 9.62 Å². The van der Waals surface area contributed by atoms with Crippen molar-refractivity contribution in [2.24, 2.45) is 5.92 Å². The number of hydrogen-bond acceptors (Lipinski definition) is 4. The summed E-state index contributed by atoms with van der Waals surface area (Å²) >= 11 is 0. The van der Waals surface area contributed by atoms with Crippen LogP contribution in [0.4, 0.5) is 0 Å². The number of rotatable bonds is 6. The zero-order chi connectivity index (χ0) is 16.3. The first-order valence-electron chi connectivity index (χ1n) is 8.52. The lowest BCUT2D eigenvalue weighted by Gasteiger charge is -2.30. The van der Waals surface area contributed by atoms with E-state index in [2.05, 4.69) is 16.5 Å². The highest BCUT2D eigenvalue weighted by Crippen LogP contribution is 2.27. The maximum Gasteiger partial charge on any atom is 0.240 e. The first-order valence-corrected chi connectivity index (χ1v) is 10.0. The van der Waals surface area contributed by atoms with Gasteiger partial charge in [-0.25, -0.2) is 13.1 Å². The van der Waals surface area contributed by atoms with Crippen LogP contribution < -0.4 is 9.46 Å². The monoisotopic (exact) mass is 338 g/mol. The minimum absolute atomic E-state index is 0.341. The molecule has 23 heavy (non-hydrogen) atoms. The smallest absolute Gasteiger partial charge is 0.240 e. The second-order valence-electron chi connectivity index (χ2n) is 6.67. The molecule has 0 unspecified atom stereocenters. The quantitative estimate of drug-likeness (QED) is 0.806. The molecule has 0 aromatic heterocycles. The van der Waals surface area contributed by atoms with Gasteiger partial charge in [0.2, 0.25) is 10.0 Å². The van der Waals surface area contributed by atoms with Gasteiger partial charge in [-0.15, -0.1) is 0 Å². The Kier molecular flexibility index (Phi) is 5.24. The van der Waals surface area contributed by atoms with Crippen molar-refractivity contribution in [3.05, 3.63) is 23.8 Å². The van der Waals surface area contributed by atoms with Crippen LogP contribution in [0.3, 0.4) is 0 Å². The number of ether oxygens (including phenoxy) is 1. The first kappa shape index (κ1) is 16.7. The molecule has 3 rings (SSSR count). The molecule has 0 bridgehead atoms. The lowest BCUT2D eigenvalue weighted by Crippen LogP contribution is -2.36. The first-order chi connectivity index (χ1) is 11.0. The Bertz CT molecular complexity index is 645. The normalized spacial score (nSPS) is 21.9. The number of piperidine rings is 1. The molecule has 1 atom stereocenters. The van der Waals surface area contributed by atoms with Crippen LogP contribution in [0.15, 0.2) is 23.1 Å². The fourth-order valence-electron chi connectivity index (χ4n) is 3.41. The van der Waals surface area contributed by atoms with Crippen LogP contribution in [0.5, 0.6) is 5.75 Å². The Labute approximate surface area is 139 Å². The molecule has 0 radical (unpaired) electrons. The van der Waals surface area contributed by atoms with Crippen molar-refractivity contribution in [3.8, 4) is 5.75 Å². The van der Waals surface area contributed by atoms with Crippen molar-refractivity contribution in [2.45, 2.75) is 37.5 Å². The number of benzene rings is 1. The number of nitrogens with one attached hydrogen (secondary N) is 1. The third-order valence-electron chi connectivity index (χ3n) is 4.66. The summed E-state index contributed by atoms with van der Waals surface area (Å²) in [4.78, 5) is 2.78. The van der Waals surface area contributed by atoms with E-state index in [-0.39, 0.29) is 0 Å². The summed E-state index contributed by atoms with van der Waals surface area (Å²) in [6.45, 7) is 6.65. The summed E-state index contributed by atoms with van der Waals surface area (Å²) in [5, 5.41) is 0. The number of nitrogens with zero attached hydrogens (tertiary/aromatic N) is 1. The summed E-state index contributed by atoms with van der Waals surface area (Å²) in [5.41, 5.74) is 0.982. The molecule has 2 heterocycles. The van der Waals surface area contributed by atoms with Crippen molar-refractivity contribution in [2.75, 3.05) is 32.8 Å². The maximum atomic E-state index is 12.4. The molecular formula is C17H26N2O3S. The van der Waals surface area contributed by atoms with Crippen LogP contribution >= 0.6 is 0 Å². The topological polar surface area (TPSA) is 58.6 Å². The van der Waals surface area contributed by atoms with Crippen molar-refractivity contribution in [1.29, 1.82) is 0 Å². The molecule has 5 nitrogen and oxygen atoms in total. The summed E-state index contributed by atoms with van der Waals surface area (Å²) in [7, 11) is -3.42. The van der Waals surface area contributed by atoms with Crippen molar-refractivity contribution < 1.29 is 13.2 Å². The van der Waals surface area contributed by atoms with E-state index in [0.717, 1.165) is 49.7 Å². The second kappa shape index (κ2) is 7.20. The van der Waals surface area contributed by atoms with Crippen LogP contribution in [0.25, 0.3) is 0 Å². The third kappa shape index (κ3) is 4.25. The molecule has 1 aromatic carbocycles. The molecule has 1 aromatic rings. The van der Waals surface area contributed by atoms with E-state index in [9.17, 15) is 8.42 Å². The molecule has 0 amide bonds. The van der Waals surface area contributed by atoms with Gasteiger partial charge in [0.25, 0.3) is 0 Å². The van der Waals surface area contributed by atoms with Crippen LogP contribution in [0.2, 0.25) is 0 Å². The lowest BCUT2D eigenvalue weighted by atomic mass is 10.0. The third-order valence-corrected chi connectivity index (χ3v) is 6.11. The van der Waals surface area contributed by atoms with E-state index in [0.29, 0.717) is 18.0 Å². The van der Waals surface area contributed by atoms with Crippen LogP contribution in [0.1, 0.15) is 31.7 Å². The molecule has 6 heteroatoms. The molecule has 2 aliphatic heterocycles. The Morgan fingerprint density at radius 2 is 2.26 bits per heavy atom.